The van der Waals surface area contributed by atoms with E-state index in [0.29, 0.717) is 0 Å². The van der Waals surface area contributed by atoms with E-state index < -0.39 is 0 Å². The summed E-state index contributed by atoms with van der Waals surface area (Å²) in [6.07, 6.45) is 0. The van der Waals surface area contributed by atoms with Crippen LogP contribution in [0.15, 0.2) is 36.4 Å². The topological polar surface area (TPSA) is 18.5 Å². The SMILES string of the molecule is COc1c[c]c(C)c(OC)c1-c1ccccc1. The smallest absolute Gasteiger partial charge is 0.133 e. The molecule has 2 rings (SSSR count). The van der Waals surface area contributed by atoms with Gasteiger partial charge in [0.15, 0.2) is 0 Å². The fourth-order valence-corrected chi connectivity index (χ4v) is 1.91. The summed E-state index contributed by atoms with van der Waals surface area (Å²) < 4.78 is 10.8. The lowest BCUT2D eigenvalue weighted by atomic mass is 10.0. The maximum Gasteiger partial charge on any atom is 0.133 e. The van der Waals surface area contributed by atoms with E-state index in [0.717, 1.165) is 28.2 Å². The first-order valence-corrected chi connectivity index (χ1v) is 5.46. The molecule has 0 N–H and O–H groups in total. The predicted molar refractivity (Wildman–Crippen MR) is 68.6 cm³/mol. The maximum atomic E-state index is 5.46. The number of benzene rings is 2. The number of hydrogen-bond acceptors (Lipinski definition) is 2. The van der Waals surface area contributed by atoms with Gasteiger partial charge in [0.2, 0.25) is 0 Å². The normalized spacial score (nSPS) is 10.1. The van der Waals surface area contributed by atoms with Crippen LogP contribution in [-0.2, 0) is 0 Å². The second-order valence-electron chi connectivity index (χ2n) is 3.76. The van der Waals surface area contributed by atoms with Gasteiger partial charge in [-0.1, -0.05) is 30.3 Å². The van der Waals surface area contributed by atoms with Crippen LogP contribution in [0, 0.1) is 13.0 Å². The number of methoxy groups -OCH3 is 2. The highest BCUT2D eigenvalue weighted by atomic mass is 16.5. The van der Waals surface area contributed by atoms with Gasteiger partial charge in [-0.05, 0) is 30.2 Å². The van der Waals surface area contributed by atoms with E-state index in [1.54, 1.807) is 14.2 Å². The molecule has 0 aliphatic carbocycles. The van der Waals surface area contributed by atoms with Crippen molar-refractivity contribution < 1.29 is 9.47 Å². The first-order chi connectivity index (χ1) is 8.27. The van der Waals surface area contributed by atoms with Crippen molar-refractivity contribution in [1.82, 2.24) is 0 Å². The van der Waals surface area contributed by atoms with Crippen LogP contribution in [0.25, 0.3) is 11.1 Å². The summed E-state index contributed by atoms with van der Waals surface area (Å²) in [5.74, 6) is 1.59. The molecule has 0 atom stereocenters. The fourth-order valence-electron chi connectivity index (χ4n) is 1.91. The molecule has 2 heteroatoms. The van der Waals surface area contributed by atoms with Gasteiger partial charge in [0.25, 0.3) is 0 Å². The Balaban J connectivity index is 2.69. The van der Waals surface area contributed by atoms with Crippen molar-refractivity contribution in [2.45, 2.75) is 6.92 Å². The van der Waals surface area contributed by atoms with Gasteiger partial charge in [-0.15, -0.1) is 0 Å². The van der Waals surface area contributed by atoms with Crippen LogP contribution in [0.5, 0.6) is 11.5 Å². The Labute approximate surface area is 102 Å². The standard InChI is InChI=1S/C15H15O2/c1-11-9-10-13(16-2)14(15(11)17-3)12-7-5-4-6-8-12/h4-8,10H,1-3H3. The molecule has 17 heavy (non-hydrogen) atoms. The van der Waals surface area contributed by atoms with Crippen molar-refractivity contribution in [2.24, 2.45) is 0 Å². The molecule has 0 aromatic heterocycles. The molecule has 0 bridgehead atoms. The first-order valence-electron chi connectivity index (χ1n) is 5.46. The Hall–Kier alpha value is -1.96. The van der Waals surface area contributed by atoms with E-state index in [1.165, 1.54) is 0 Å². The lowest BCUT2D eigenvalue weighted by Crippen LogP contribution is -1.95. The van der Waals surface area contributed by atoms with Gasteiger partial charge in [-0.3, -0.25) is 0 Å². The van der Waals surface area contributed by atoms with Gasteiger partial charge >= 0.3 is 0 Å². The Bertz CT molecular complexity index is 504. The molecule has 2 nitrogen and oxygen atoms in total. The summed E-state index contributed by atoms with van der Waals surface area (Å²) >= 11 is 0. The van der Waals surface area contributed by atoms with E-state index in [2.05, 4.69) is 6.07 Å². The van der Waals surface area contributed by atoms with Gasteiger partial charge in [0.1, 0.15) is 11.5 Å². The quantitative estimate of drug-likeness (QED) is 0.799. The zero-order chi connectivity index (χ0) is 12.3. The zero-order valence-electron chi connectivity index (χ0n) is 10.3. The minimum absolute atomic E-state index is 0.777. The second kappa shape index (κ2) is 4.91. The number of rotatable bonds is 3. The summed E-state index contributed by atoms with van der Waals surface area (Å²) in [5.41, 5.74) is 3.04. The molecule has 0 unspecified atom stereocenters. The minimum Gasteiger partial charge on any atom is -0.496 e. The monoisotopic (exact) mass is 227 g/mol. The van der Waals surface area contributed by atoms with Crippen LogP contribution in [0.4, 0.5) is 0 Å². The van der Waals surface area contributed by atoms with Gasteiger partial charge in [-0.2, -0.15) is 0 Å². The van der Waals surface area contributed by atoms with E-state index in [1.807, 2.05) is 43.3 Å². The third-order valence-electron chi connectivity index (χ3n) is 2.72. The van der Waals surface area contributed by atoms with E-state index >= 15 is 0 Å². The summed E-state index contributed by atoms with van der Waals surface area (Å²) in [5, 5.41) is 0. The van der Waals surface area contributed by atoms with Crippen LogP contribution in [0.2, 0.25) is 0 Å². The summed E-state index contributed by atoms with van der Waals surface area (Å²) in [4.78, 5) is 0. The van der Waals surface area contributed by atoms with Gasteiger partial charge < -0.3 is 9.47 Å². The molecule has 0 spiro atoms. The Kier molecular flexibility index (Phi) is 3.33. The molecule has 2 aromatic carbocycles. The molecule has 0 aliphatic heterocycles. The molecular formula is C15H15O2. The molecule has 1 radical (unpaired) electrons. The van der Waals surface area contributed by atoms with Crippen molar-refractivity contribution in [2.75, 3.05) is 14.2 Å². The predicted octanol–water partition coefficient (Wildman–Crippen LogP) is 3.48. The Morgan fingerprint density at radius 2 is 1.71 bits per heavy atom. The maximum absolute atomic E-state index is 5.46. The third-order valence-corrected chi connectivity index (χ3v) is 2.72. The molecule has 0 saturated heterocycles. The fraction of sp³-hybridized carbons (Fsp3) is 0.200. The van der Waals surface area contributed by atoms with Crippen molar-refractivity contribution >= 4 is 0 Å². The highest BCUT2D eigenvalue weighted by Crippen LogP contribution is 2.39. The molecule has 87 valence electrons. The number of hydrogen-bond donors (Lipinski definition) is 0. The summed E-state index contributed by atoms with van der Waals surface area (Å²) in [7, 11) is 3.33. The van der Waals surface area contributed by atoms with Crippen molar-refractivity contribution in [1.29, 1.82) is 0 Å². The van der Waals surface area contributed by atoms with Gasteiger partial charge in [-0.25, -0.2) is 0 Å². The summed E-state index contributed by atoms with van der Waals surface area (Å²) in [6.45, 7) is 1.98. The van der Waals surface area contributed by atoms with Crippen LogP contribution in [0.3, 0.4) is 0 Å². The highest BCUT2D eigenvalue weighted by Gasteiger charge is 2.14. The van der Waals surface area contributed by atoms with Gasteiger partial charge in [0.05, 0.1) is 19.8 Å². The second-order valence-corrected chi connectivity index (χ2v) is 3.76. The van der Waals surface area contributed by atoms with Crippen LogP contribution in [0.1, 0.15) is 5.56 Å². The largest absolute Gasteiger partial charge is 0.496 e. The first kappa shape index (κ1) is 11.5. The number of ether oxygens (including phenoxy) is 2. The van der Waals surface area contributed by atoms with Crippen molar-refractivity contribution in [3.8, 4) is 22.6 Å². The molecular weight excluding hydrogens is 212 g/mol. The molecule has 0 heterocycles. The molecule has 2 aromatic rings. The highest BCUT2D eigenvalue weighted by molar-refractivity contribution is 5.78. The van der Waals surface area contributed by atoms with E-state index in [-0.39, 0.29) is 0 Å². The molecule has 0 aliphatic rings. The molecule has 0 saturated carbocycles. The zero-order valence-corrected chi connectivity index (χ0v) is 10.3. The lowest BCUT2D eigenvalue weighted by Gasteiger charge is -2.15. The van der Waals surface area contributed by atoms with Crippen LogP contribution < -0.4 is 9.47 Å². The number of aryl methyl sites for hydroxylation is 1. The van der Waals surface area contributed by atoms with E-state index in [9.17, 15) is 0 Å². The minimum atomic E-state index is 0.777. The molecule has 0 amide bonds. The molecule has 0 fully saturated rings. The van der Waals surface area contributed by atoms with Gasteiger partial charge in [0, 0.05) is 0 Å². The average molecular weight is 227 g/mol. The van der Waals surface area contributed by atoms with Crippen molar-refractivity contribution in [3.63, 3.8) is 0 Å². The lowest BCUT2D eigenvalue weighted by molar-refractivity contribution is 0.395. The third kappa shape index (κ3) is 2.11. The van der Waals surface area contributed by atoms with Crippen LogP contribution >= 0.6 is 0 Å². The Morgan fingerprint density at radius 1 is 1.00 bits per heavy atom. The van der Waals surface area contributed by atoms with Crippen LogP contribution in [-0.4, -0.2) is 14.2 Å². The van der Waals surface area contributed by atoms with E-state index in [4.69, 9.17) is 9.47 Å². The van der Waals surface area contributed by atoms with Crippen molar-refractivity contribution in [3.05, 3.63) is 48.0 Å². The summed E-state index contributed by atoms with van der Waals surface area (Å²) in [6, 6.07) is 15.1. The Morgan fingerprint density at radius 3 is 2.29 bits per heavy atom. The average Bonchev–Trinajstić information content (AvgIpc) is 2.39.